The highest BCUT2D eigenvalue weighted by atomic mass is 35.5. The molecule has 4 nitrogen and oxygen atoms in total. The maximum absolute atomic E-state index is 12.1. The molecule has 114 valence electrons. The molecule has 0 aliphatic carbocycles. The van der Waals surface area contributed by atoms with E-state index in [1.165, 1.54) is 11.8 Å². The first-order valence-corrected chi connectivity index (χ1v) is 7.31. The Hall–Kier alpha value is -2.04. The van der Waals surface area contributed by atoms with E-state index in [0.29, 0.717) is 21.4 Å². The smallest absolute Gasteiger partial charge is 0.244 e. The van der Waals surface area contributed by atoms with E-state index in [-0.39, 0.29) is 18.4 Å². The summed E-state index contributed by atoms with van der Waals surface area (Å²) in [5, 5.41) is 3.52. The molecule has 0 aromatic heterocycles. The number of hydrogen-bond donors (Lipinski definition) is 1. The van der Waals surface area contributed by atoms with Crippen molar-refractivity contribution < 1.29 is 9.59 Å². The lowest BCUT2D eigenvalue weighted by Gasteiger charge is -2.22. The molecule has 0 aliphatic rings. The highest BCUT2D eigenvalue weighted by Crippen LogP contribution is 2.29. The van der Waals surface area contributed by atoms with E-state index in [1.54, 1.807) is 30.3 Å². The van der Waals surface area contributed by atoms with Crippen LogP contribution in [0.25, 0.3) is 0 Å². The van der Waals surface area contributed by atoms with Gasteiger partial charge in [0.25, 0.3) is 0 Å². The summed E-state index contributed by atoms with van der Waals surface area (Å²) >= 11 is 12.0. The van der Waals surface area contributed by atoms with Crippen molar-refractivity contribution in [2.75, 3.05) is 16.8 Å². The Bertz CT molecular complexity index is 690. The van der Waals surface area contributed by atoms with E-state index < -0.39 is 0 Å². The molecule has 2 amide bonds. The molecule has 0 atom stereocenters. The molecule has 22 heavy (non-hydrogen) atoms. The van der Waals surface area contributed by atoms with E-state index in [0.717, 1.165) is 0 Å². The molecule has 0 saturated heterocycles. The van der Waals surface area contributed by atoms with Crippen molar-refractivity contribution in [2.24, 2.45) is 0 Å². The number of amides is 2. The van der Waals surface area contributed by atoms with Gasteiger partial charge in [-0.05, 0) is 30.3 Å². The first kappa shape index (κ1) is 16.3. The van der Waals surface area contributed by atoms with Crippen molar-refractivity contribution in [3.05, 3.63) is 58.6 Å². The molecule has 2 aromatic rings. The van der Waals surface area contributed by atoms with Crippen molar-refractivity contribution in [1.82, 2.24) is 0 Å². The summed E-state index contributed by atoms with van der Waals surface area (Å²) in [4.78, 5) is 25.2. The maximum atomic E-state index is 12.1. The normalized spacial score (nSPS) is 10.1. The predicted molar refractivity (Wildman–Crippen MR) is 89.6 cm³/mol. The largest absolute Gasteiger partial charge is 0.325 e. The third-order valence-corrected chi connectivity index (χ3v) is 3.49. The number of anilines is 2. The molecular weight excluding hydrogens is 323 g/mol. The first-order valence-electron chi connectivity index (χ1n) is 6.55. The lowest BCUT2D eigenvalue weighted by Crippen LogP contribution is -2.36. The van der Waals surface area contributed by atoms with Gasteiger partial charge in [-0.15, -0.1) is 0 Å². The van der Waals surface area contributed by atoms with Crippen LogP contribution in [0.4, 0.5) is 11.4 Å². The topological polar surface area (TPSA) is 49.4 Å². The molecule has 0 spiro atoms. The van der Waals surface area contributed by atoms with Crippen LogP contribution in [0.1, 0.15) is 6.92 Å². The van der Waals surface area contributed by atoms with Crippen LogP contribution >= 0.6 is 23.2 Å². The number of halogens is 2. The van der Waals surface area contributed by atoms with Gasteiger partial charge in [0, 0.05) is 17.6 Å². The summed E-state index contributed by atoms with van der Waals surface area (Å²) in [5.74, 6) is -0.621. The van der Waals surface area contributed by atoms with Crippen LogP contribution in [0, 0.1) is 0 Å². The van der Waals surface area contributed by atoms with Crippen LogP contribution < -0.4 is 10.2 Å². The summed E-state index contributed by atoms with van der Waals surface area (Å²) in [6.07, 6.45) is 0. The third-order valence-electron chi connectivity index (χ3n) is 2.94. The molecule has 0 saturated carbocycles. The number of para-hydroxylation sites is 1. The Morgan fingerprint density at radius 3 is 2.41 bits per heavy atom. The molecule has 0 bridgehead atoms. The third kappa shape index (κ3) is 4.23. The van der Waals surface area contributed by atoms with Crippen LogP contribution in [0.3, 0.4) is 0 Å². The van der Waals surface area contributed by atoms with Gasteiger partial charge < -0.3 is 10.2 Å². The second kappa shape index (κ2) is 7.29. The molecular formula is C16H14Cl2N2O2. The Kier molecular flexibility index (Phi) is 5.41. The van der Waals surface area contributed by atoms with Gasteiger partial charge in [0.15, 0.2) is 0 Å². The van der Waals surface area contributed by atoms with Crippen molar-refractivity contribution in [1.29, 1.82) is 0 Å². The van der Waals surface area contributed by atoms with Gasteiger partial charge in [-0.1, -0.05) is 41.4 Å². The van der Waals surface area contributed by atoms with Crippen molar-refractivity contribution in [3.8, 4) is 0 Å². The summed E-state index contributed by atoms with van der Waals surface area (Å²) in [7, 11) is 0. The fourth-order valence-electron chi connectivity index (χ4n) is 1.92. The van der Waals surface area contributed by atoms with Gasteiger partial charge in [0.1, 0.15) is 6.54 Å². The van der Waals surface area contributed by atoms with E-state index in [9.17, 15) is 9.59 Å². The minimum absolute atomic E-state index is 0.149. The van der Waals surface area contributed by atoms with Crippen molar-refractivity contribution >= 4 is 46.4 Å². The van der Waals surface area contributed by atoms with Gasteiger partial charge in [-0.3, -0.25) is 9.59 Å². The van der Waals surface area contributed by atoms with Gasteiger partial charge in [-0.25, -0.2) is 0 Å². The molecule has 0 heterocycles. The number of carbonyl (C=O) groups excluding carboxylic acids is 2. The van der Waals surface area contributed by atoms with Crippen molar-refractivity contribution in [3.63, 3.8) is 0 Å². The Balaban J connectivity index is 2.17. The quantitative estimate of drug-likeness (QED) is 0.917. The average Bonchev–Trinajstić information content (AvgIpc) is 2.48. The predicted octanol–water partition coefficient (Wildman–Crippen LogP) is 3.99. The number of benzene rings is 2. The monoisotopic (exact) mass is 336 g/mol. The number of carbonyl (C=O) groups is 2. The molecule has 0 unspecified atom stereocenters. The van der Waals surface area contributed by atoms with E-state index >= 15 is 0 Å². The number of nitrogens with one attached hydrogen (secondary N) is 1. The average molecular weight is 337 g/mol. The van der Waals surface area contributed by atoms with Crippen molar-refractivity contribution in [2.45, 2.75) is 6.92 Å². The van der Waals surface area contributed by atoms with Gasteiger partial charge in [0.05, 0.1) is 10.7 Å². The highest BCUT2D eigenvalue weighted by molar-refractivity contribution is 6.35. The SMILES string of the molecule is CC(=O)N(CC(=O)Nc1ccccc1)c1cc(Cl)ccc1Cl. The summed E-state index contributed by atoms with van der Waals surface area (Å²) in [6, 6.07) is 13.8. The second-order valence-electron chi connectivity index (χ2n) is 4.62. The Morgan fingerprint density at radius 2 is 1.77 bits per heavy atom. The summed E-state index contributed by atoms with van der Waals surface area (Å²) in [6.45, 7) is 1.22. The van der Waals surface area contributed by atoms with Gasteiger partial charge >= 0.3 is 0 Å². The standard InChI is InChI=1S/C16H14Cl2N2O2/c1-11(21)20(15-9-12(17)7-8-14(15)18)10-16(22)19-13-5-3-2-4-6-13/h2-9H,10H2,1H3,(H,19,22). The van der Waals surface area contributed by atoms with Crippen LogP contribution in [0.2, 0.25) is 10.0 Å². The minimum atomic E-state index is -0.322. The molecule has 0 radical (unpaired) electrons. The number of rotatable bonds is 4. The van der Waals surface area contributed by atoms with Crippen LogP contribution in [0.5, 0.6) is 0 Å². The fraction of sp³-hybridized carbons (Fsp3) is 0.125. The zero-order valence-corrected chi connectivity index (χ0v) is 13.4. The van der Waals surface area contributed by atoms with Crippen LogP contribution in [-0.2, 0) is 9.59 Å². The Labute approximate surface area is 138 Å². The lowest BCUT2D eigenvalue weighted by atomic mass is 10.2. The fourth-order valence-corrected chi connectivity index (χ4v) is 2.31. The van der Waals surface area contributed by atoms with Crippen LogP contribution in [0.15, 0.2) is 48.5 Å². The number of nitrogens with zero attached hydrogens (tertiary/aromatic N) is 1. The zero-order chi connectivity index (χ0) is 16.1. The molecule has 1 N–H and O–H groups in total. The molecule has 6 heteroatoms. The molecule has 2 aromatic carbocycles. The molecule has 2 rings (SSSR count). The summed E-state index contributed by atoms with van der Waals surface area (Å²) in [5.41, 5.74) is 1.07. The summed E-state index contributed by atoms with van der Waals surface area (Å²) < 4.78 is 0. The highest BCUT2D eigenvalue weighted by Gasteiger charge is 2.18. The zero-order valence-electron chi connectivity index (χ0n) is 11.8. The van der Waals surface area contributed by atoms with Crippen LogP contribution in [-0.4, -0.2) is 18.4 Å². The Morgan fingerprint density at radius 1 is 1.09 bits per heavy atom. The minimum Gasteiger partial charge on any atom is -0.325 e. The molecule has 0 aliphatic heterocycles. The van der Waals surface area contributed by atoms with E-state index in [4.69, 9.17) is 23.2 Å². The molecule has 0 fully saturated rings. The van der Waals surface area contributed by atoms with E-state index in [1.807, 2.05) is 18.2 Å². The number of hydrogen-bond acceptors (Lipinski definition) is 2. The van der Waals surface area contributed by atoms with Gasteiger partial charge in [0.2, 0.25) is 11.8 Å². The first-order chi connectivity index (χ1) is 10.5. The maximum Gasteiger partial charge on any atom is 0.244 e. The lowest BCUT2D eigenvalue weighted by molar-refractivity contribution is -0.120. The second-order valence-corrected chi connectivity index (χ2v) is 5.46. The van der Waals surface area contributed by atoms with Gasteiger partial charge in [-0.2, -0.15) is 0 Å². The van der Waals surface area contributed by atoms with E-state index in [2.05, 4.69) is 5.32 Å².